The number of nitrogens with one attached hydrogen (secondary N) is 2. The van der Waals surface area contributed by atoms with Crippen molar-refractivity contribution in [3.05, 3.63) is 76.5 Å². The molecular weight excluding hydrogens is 413 g/mol. The molecule has 1 aromatic heterocycles. The molecule has 0 aliphatic carbocycles. The fourth-order valence-electron chi connectivity index (χ4n) is 3.92. The highest BCUT2D eigenvalue weighted by atomic mass is 32.1. The molecule has 31 heavy (non-hydrogen) atoms. The van der Waals surface area contributed by atoms with Crippen LogP contribution in [0.4, 0.5) is 9.18 Å². The van der Waals surface area contributed by atoms with Crippen LogP contribution in [0.5, 0.6) is 0 Å². The monoisotopic (exact) mass is 439 g/mol. The number of nitrogens with zero attached hydrogens (tertiary/aromatic N) is 1. The lowest BCUT2D eigenvalue weighted by molar-refractivity contribution is 0.0506. The number of rotatable bonds is 6. The molecule has 0 saturated carbocycles. The summed E-state index contributed by atoms with van der Waals surface area (Å²) >= 11 is 1.59. The smallest absolute Gasteiger partial charge is 0.315 e. The molecule has 2 aromatic carbocycles. The number of hydrogen-bond donors (Lipinski definition) is 2. The zero-order chi connectivity index (χ0) is 21.7. The maximum Gasteiger partial charge on any atom is 0.315 e. The Labute approximate surface area is 185 Å². The number of halogens is 1. The van der Waals surface area contributed by atoms with Crippen molar-refractivity contribution >= 4 is 17.4 Å². The van der Waals surface area contributed by atoms with Crippen molar-refractivity contribution in [1.29, 1.82) is 0 Å². The van der Waals surface area contributed by atoms with E-state index in [-0.39, 0.29) is 17.3 Å². The number of urea groups is 1. The molecule has 162 valence electrons. The molecule has 0 unspecified atom stereocenters. The Kier molecular flexibility index (Phi) is 6.63. The lowest BCUT2D eigenvalue weighted by atomic mass is 9.74. The fourth-order valence-corrected chi connectivity index (χ4v) is 4.92. The lowest BCUT2D eigenvalue weighted by Crippen LogP contribution is -2.47. The van der Waals surface area contributed by atoms with Crippen LogP contribution in [-0.4, -0.2) is 30.8 Å². The number of aromatic nitrogens is 1. The molecule has 0 spiro atoms. The van der Waals surface area contributed by atoms with E-state index < -0.39 is 0 Å². The van der Waals surface area contributed by atoms with Crippen molar-refractivity contribution in [3.63, 3.8) is 0 Å². The summed E-state index contributed by atoms with van der Waals surface area (Å²) in [6.45, 7) is 4.00. The summed E-state index contributed by atoms with van der Waals surface area (Å²) in [4.78, 5) is 18.2. The van der Waals surface area contributed by atoms with Crippen molar-refractivity contribution in [3.8, 4) is 10.6 Å². The first-order chi connectivity index (χ1) is 15.1. The van der Waals surface area contributed by atoms with Crippen LogP contribution in [0.3, 0.4) is 0 Å². The highest BCUT2D eigenvalue weighted by Crippen LogP contribution is 2.34. The van der Waals surface area contributed by atoms with Crippen molar-refractivity contribution in [2.45, 2.75) is 31.7 Å². The SMILES string of the molecule is Cc1nc(-c2ccccc2)sc1CNC(=O)NCC1(c2cccc(F)c2)CCOCC1. The molecule has 2 amide bonds. The number of hydrogen-bond acceptors (Lipinski definition) is 4. The van der Waals surface area contributed by atoms with Crippen LogP contribution in [0.25, 0.3) is 10.6 Å². The van der Waals surface area contributed by atoms with Gasteiger partial charge in [-0.3, -0.25) is 0 Å². The van der Waals surface area contributed by atoms with Gasteiger partial charge in [-0.2, -0.15) is 0 Å². The zero-order valence-corrected chi connectivity index (χ0v) is 18.3. The van der Waals surface area contributed by atoms with Crippen LogP contribution < -0.4 is 10.6 Å². The van der Waals surface area contributed by atoms with Gasteiger partial charge in [0.25, 0.3) is 0 Å². The minimum Gasteiger partial charge on any atom is -0.381 e. The normalized spacial score (nSPS) is 15.4. The van der Waals surface area contributed by atoms with Crippen molar-refractivity contribution in [2.24, 2.45) is 0 Å². The third kappa shape index (κ3) is 5.11. The van der Waals surface area contributed by atoms with Gasteiger partial charge in [-0.05, 0) is 37.5 Å². The Hall–Kier alpha value is -2.77. The zero-order valence-electron chi connectivity index (χ0n) is 17.5. The maximum absolute atomic E-state index is 13.8. The van der Waals surface area contributed by atoms with E-state index in [1.807, 2.05) is 43.3 Å². The predicted octanol–water partition coefficient (Wildman–Crippen LogP) is 4.81. The minimum atomic E-state index is -0.321. The summed E-state index contributed by atoms with van der Waals surface area (Å²) in [5.74, 6) is -0.261. The molecule has 3 aromatic rings. The van der Waals surface area contributed by atoms with Crippen molar-refractivity contribution < 1.29 is 13.9 Å². The first kappa shape index (κ1) is 21.5. The second-order valence-corrected chi connectivity index (χ2v) is 8.92. The van der Waals surface area contributed by atoms with Gasteiger partial charge in [0.2, 0.25) is 0 Å². The fraction of sp³-hybridized carbons (Fsp3) is 0.333. The summed E-state index contributed by atoms with van der Waals surface area (Å²) < 4.78 is 19.3. The molecule has 1 fully saturated rings. The summed E-state index contributed by atoms with van der Waals surface area (Å²) in [5, 5.41) is 6.88. The van der Waals surface area contributed by atoms with Crippen molar-refractivity contribution in [2.75, 3.05) is 19.8 Å². The van der Waals surface area contributed by atoms with Gasteiger partial charge in [0.15, 0.2) is 0 Å². The minimum absolute atomic E-state index is 0.240. The molecule has 1 aliphatic rings. The number of carbonyl (C=O) groups excluding carboxylic acids is 1. The number of carbonyl (C=O) groups is 1. The molecular formula is C24H26FN3O2S. The first-order valence-corrected chi connectivity index (χ1v) is 11.2. The number of aryl methyl sites for hydroxylation is 1. The topological polar surface area (TPSA) is 63.2 Å². The highest BCUT2D eigenvalue weighted by Gasteiger charge is 2.35. The number of benzene rings is 2. The average Bonchev–Trinajstić information content (AvgIpc) is 3.18. The van der Waals surface area contributed by atoms with Crippen LogP contribution in [0.15, 0.2) is 54.6 Å². The van der Waals surface area contributed by atoms with Crippen LogP contribution in [-0.2, 0) is 16.7 Å². The van der Waals surface area contributed by atoms with Gasteiger partial charge >= 0.3 is 6.03 Å². The number of thiazole rings is 1. The maximum atomic E-state index is 13.8. The Morgan fingerprint density at radius 1 is 1.13 bits per heavy atom. The summed E-state index contributed by atoms with van der Waals surface area (Å²) in [7, 11) is 0. The Balaban J connectivity index is 1.38. The molecule has 5 nitrogen and oxygen atoms in total. The molecule has 4 rings (SSSR count). The van der Waals surface area contributed by atoms with E-state index in [1.54, 1.807) is 23.5 Å². The van der Waals surface area contributed by atoms with E-state index >= 15 is 0 Å². The van der Waals surface area contributed by atoms with E-state index in [9.17, 15) is 9.18 Å². The summed E-state index contributed by atoms with van der Waals surface area (Å²) in [6.07, 6.45) is 1.48. The van der Waals surface area contributed by atoms with Gasteiger partial charge < -0.3 is 15.4 Å². The molecule has 1 aliphatic heterocycles. The van der Waals surface area contributed by atoms with E-state index in [0.717, 1.165) is 39.5 Å². The quantitative estimate of drug-likeness (QED) is 0.580. The van der Waals surface area contributed by atoms with E-state index in [2.05, 4.69) is 15.6 Å². The van der Waals surface area contributed by atoms with Gasteiger partial charge in [-0.1, -0.05) is 42.5 Å². The van der Waals surface area contributed by atoms with Gasteiger partial charge in [-0.25, -0.2) is 14.2 Å². The van der Waals surface area contributed by atoms with Gasteiger partial charge in [0.05, 0.1) is 12.2 Å². The Bertz CT molecular complexity index is 1030. The van der Waals surface area contributed by atoms with Gasteiger partial charge in [-0.15, -0.1) is 11.3 Å². The summed E-state index contributed by atoms with van der Waals surface area (Å²) in [6, 6.07) is 16.4. The Morgan fingerprint density at radius 2 is 1.90 bits per heavy atom. The molecule has 2 heterocycles. The van der Waals surface area contributed by atoms with Crippen LogP contribution >= 0.6 is 11.3 Å². The van der Waals surface area contributed by atoms with E-state index in [4.69, 9.17) is 4.74 Å². The number of ether oxygens (including phenoxy) is 1. The third-order valence-electron chi connectivity index (χ3n) is 5.80. The van der Waals surface area contributed by atoms with E-state index in [1.165, 1.54) is 6.07 Å². The van der Waals surface area contributed by atoms with Gasteiger partial charge in [0, 0.05) is 35.6 Å². The molecule has 2 N–H and O–H groups in total. The second-order valence-electron chi connectivity index (χ2n) is 7.83. The summed E-state index contributed by atoms with van der Waals surface area (Å²) in [5.41, 5.74) is 2.58. The van der Waals surface area contributed by atoms with Crippen molar-refractivity contribution in [1.82, 2.24) is 15.6 Å². The molecule has 0 bridgehead atoms. The lowest BCUT2D eigenvalue weighted by Gasteiger charge is -2.38. The molecule has 7 heteroatoms. The average molecular weight is 440 g/mol. The van der Waals surface area contributed by atoms with Crippen LogP contribution in [0, 0.1) is 12.7 Å². The second kappa shape index (κ2) is 9.58. The third-order valence-corrected chi connectivity index (χ3v) is 7.00. The van der Waals surface area contributed by atoms with Gasteiger partial charge in [0.1, 0.15) is 10.8 Å². The Morgan fingerprint density at radius 3 is 2.65 bits per heavy atom. The molecule has 0 atom stereocenters. The van der Waals surface area contributed by atoms with Crippen LogP contribution in [0.2, 0.25) is 0 Å². The highest BCUT2D eigenvalue weighted by molar-refractivity contribution is 7.15. The molecule has 1 saturated heterocycles. The largest absolute Gasteiger partial charge is 0.381 e. The standard InChI is InChI=1S/C24H26FN3O2S/c1-17-21(31-22(28-17)18-6-3-2-4-7-18)15-26-23(29)27-16-24(10-12-30-13-11-24)19-8-5-9-20(25)14-19/h2-9,14H,10-13,15-16H2,1H3,(H2,26,27,29). The first-order valence-electron chi connectivity index (χ1n) is 10.4. The predicted molar refractivity (Wildman–Crippen MR) is 121 cm³/mol. The van der Waals surface area contributed by atoms with Crippen LogP contribution in [0.1, 0.15) is 29.0 Å². The number of amides is 2. The molecule has 0 radical (unpaired) electrons. The van der Waals surface area contributed by atoms with E-state index in [0.29, 0.717) is 26.3 Å².